The van der Waals surface area contributed by atoms with Gasteiger partial charge in [0.05, 0.1) is 0 Å². The molecule has 1 radical (unpaired) electrons. The minimum absolute atomic E-state index is 1.18. The van der Waals surface area contributed by atoms with E-state index in [1.807, 2.05) is 4.99 Å². The zero-order valence-corrected chi connectivity index (χ0v) is 7.34. The van der Waals surface area contributed by atoms with Gasteiger partial charge in [-0.15, -0.1) is 0 Å². The number of hydrogen-bond acceptors (Lipinski definition) is 1. The van der Waals surface area contributed by atoms with Crippen molar-refractivity contribution in [2.75, 3.05) is 0 Å². The molecule has 0 aromatic heterocycles. The molecule has 0 aliphatic heterocycles. The molecule has 75 valence electrons. The van der Waals surface area contributed by atoms with Crippen molar-refractivity contribution in [1.82, 2.24) is 0 Å². The molecule has 0 rings (SSSR count). The third-order valence-corrected chi connectivity index (χ3v) is 0.942. The van der Waals surface area contributed by atoms with E-state index >= 15 is 0 Å². The first-order valence-electron chi connectivity index (χ1n) is 2.54. The summed E-state index contributed by atoms with van der Waals surface area (Å²) in [6, 6.07) is 0. The molecule has 0 bridgehead atoms. The van der Waals surface area contributed by atoms with E-state index in [0.29, 0.717) is 0 Å². The summed E-state index contributed by atoms with van der Waals surface area (Å²) in [5.41, 5.74) is -2.94. The van der Waals surface area contributed by atoms with Gasteiger partial charge >= 0.3 is 75.6 Å². The van der Waals surface area contributed by atoms with E-state index < -0.39 is 22.8 Å². The maximum absolute atomic E-state index is 11.6. The second-order valence-corrected chi connectivity index (χ2v) is 2.57. The molecule has 2 nitrogen and oxygen atoms in total. The summed E-state index contributed by atoms with van der Waals surface area (Å²) in [5.74, 6) is 0. The Bertz CT molecular complexity index is 222. The van der Waals surface area contributed by atoms with Crippen LogP contribution in [-0.4, -0.2) is 38.8 Å². The van der Waals surface area contributed by atoms with Gasteiger partial charge in [-0.05, 0) is 0 Å². The zero-order valence-electron chi connectivity index (χ0n) is 5.62. The number of rotatable bonds is 0. The normalized spacial score (nSPS) is 12.5. The van der Waals surface area contributed by atoms with Gasteiger partial charge in [0.1, 0.15) is 0 Å². The number of alkyl halides is 6. The van der Waals surface area contributed by atoms with Crippen molar-refractivity contribution in [2.45, 2.75) is 12.4 Å². The molecule has 13 heavy (non-hydrogen) atoms. The number of amidine groups is 1. The van der Waals surface area contributed by atoms with E-state index in [9.17, 15) is 26.3 Å². The van der Waals surface area contributed by atoms with Crippen LogP contribution in [0.4, 0.5) is 26.3 Å². The maximum atomic E-state index is 11.6. The fraction of sp³-hybridized carbons (Fsp3) is 0.500. The van der Waals surface area contributed by atoms with Crippen LogP contribution in [0, 0.1) is 5.41 Å². The molecule has 0 aliphatic rings. The molecule has 0 aliphatic carbocycles. The van der Waals surface area contributed by atoms with Crippen molar-refractivity contribution in [3.63, 3.8) is 0 Å². The Morgan fingerprint density at radius 2 is 1.31 bits per heavy atom. The van der Waals surface area contributed by atoms with Gasteiger partial charge in [0.15, 0.2) is 0 Å². The molecule has 0 unspecified atom stereocenters. The number of nitrogens with one attached hydrogen (secondary N) is 1. The average Bonchev–Trinajstić information content (AvgIpc) is 1.77. The van der Waals surface area contributed by atoms with Crippen molar-refractivity contribution in [3.8, 4) is 0 Å². The van der Waals surface area contributed by atoms with Crippen LogP contribution in [0.15, 0.2) is 4.99 Å². The molecule has 0 atom stereocenters. The van der Waals surface area contributed by atoms with Gasteiger partial charge in [-0.3, -0.25) is 0 Å². The van der Waals surface area contributed by atoms with Crippen molar-refractivity contribution in [1.29, 1.82) is 5.41 Å². The van der Waals surface area contributed by atoms with Gasteiger partial charge in [-0.2, -0.15) is 0 Å². The third-order valence-electron chi connectivity index (χ3n) is 0.750. The second kappa shape index (κ2) is 3.67. The van der Waals surface area contributed by atoms with Crippen molar-refractivity contribution in [3.05, 3.63) is 0 Å². The number of hydrogen-bond donors (Lipinski definition) is 1. The fourth-order valence-electron chi connectivity index (χ4n) is 0.389. The van der Waals surface area contributed by atoms with Gasteiger partial charge in [-0.1, -0.05) is 0 Å². The Morgan fingerprint density at radius 1 is 1.00 bits per heavy atom. The van der Waals surface area contributed by atoms with E-state index in [2.05, 4.69) is 0 Å². The van der Waals surface area contributed by atoms with Gasteiger partial charge in [0, 0.05) is 0 Å². The molecule has 0 saturated carbocycles. The first-order valence-corrected chi connectivity index (χ1v) is 3.39. The van der Waals surface area contributed by atoms with Crippen LogP contribution in [0.5, 0.6) is 0 Å². The first kappa shape index (κ1) is 12.4. The van der Waals surface area contributed by atoms with Crippen molar-refractivity contribution >= 4 is 26.5 Å². The number of aliphatic imine (C=N–C) groups is 1. The molecule has 0 amide bonds. The van der Waals surface area contributed by atoms with Gasteiger partial charge < -0.3 is 0 Å². The molecule has 0 spiro atoms. The minimum atomic E-state index is -5.60. The van der Waals surface area contributed by atoms with Gasteiger partial charge in [0.25, 0.3) is 0 Å². The number of nitrogens with zero attached hydrogens (tertiary/aromatic N) is 1. The van der Waals surface area contributed by atoms with Crippen LogP contribution in [0.2, 0.25) is 0 Å². The molecule has 0 aromatic rings. The topological polar surface area (TPSA) is 36.2 Å². The van der Waals surface area contributed by atoms with E-state index in [-0.39, 0.29) is 0 Å². The van der Waals surface area contributed by atoms with E-state index in [4.69, 9.17) is 5.41 Å². The van der Waals surface area contributed by atoms with Crippen LogP contribution >= 0.6 is 0 Å². The molecule has 9 heteroatoms. The monoisotopic (exact) mass is 271 g/mol. The summed E-state index contributed by atoms with van der Waals surface area (Å²) in [7, 11) is 0. The van der Waals surface area contributed by atoms with Crippen LogP contribution in [0.3, 0.4) is 0 Å². The molecule has 0 fully saturated rings. The Balaban J connectivity index is 5.13. The van der Waals surface area contributed by atoms with Crippen LogP contribution < -0.4 is 0 Å². The molecular formula is C4HF6N2Se. The Labute approximate surface area is 76.3 Å². The summed E-state index contributed by atoms with van der Waals surface area (Å²) < 4.78 is 68.5. The Hall–Kier alpha value is -0.561. The number of halogens is 6. The summed E-state index contributed by atoms with van der Waals surface area (Å²) in [6.07, 6.45) is -11.2. The van der Waals surface area contributed by atoms with Gasteiger partial charge in [-0.25, -0.2) is 0 Å². The second-order valence-electron chi connectivity index (χ2n) is 1.76. The van der Waals surface area contributed by atoms with Crippen LogP contribution in [0.25, 0.3) is 0 Å². The van der Waals surface area contributed by atoms with Crippen molar-refractivity contribution in [2.24, 2.45) is 4.99 Å². The molecular weight excluding hydrogens is 269 g/mol. The Morgan fingerprint density at radius 3 is 1.38 bits per heavy atom. The summed E-state index contributed by atoms with van der Waals surface area (Å²) in [6.45, 7) is 0. The molecule has 0 heterocycles. The predicted molar refractivity (Wildman–Crippen MR) is 33.0 cm³/mol. The molecule has 0 saturated heterocycles. The third kappa shape index (κ3) is 4.28. The van der Waals surface area contributed by atoms with E-state index in [0.717, 1.165) is 0 Å². The Kier molecular flexibility index (Phi) is 3.51. The fourth-order valence-corrected chi connectivity index (χ4v) is 0.581. The molecule has 0 aromatic carbocycles. The quantitative estimate of drug-likeness (QED) is 0.301. The summed E-state index contributed by atoms with van der Waals surface area (Å²) in [5, 5.41) is 6.34. The summed E-state index contributed by atoms with van der Waals surface area (Å²) in [4.78, 5) is 2.01. The van der Waals surface area contributed by atoms with Crippen LogP contribution in [-0.2, 0) is 0 Å². The van der Waals surface area contributed by atoms with Gasteiger partial charge in [0.2, 0.25) is 0 Å². The standard InChI is InChI=1S/C4HF6N2Se/c5-3(6,7)1(4(8,9)10)12-2(11)13/h11H. The van der Waals surface area contributed by atoms with E-state index in [1.165, 1.54) is 0 Å². The average molecular weight is 270 g/mol. The molecule has 1 N–H and O–H groups in total. The summed E-state index contributed by atoms with van der Waals surface area (Å²) >= 11 is 1.61. The zero-order chi connectivity index (χ0) is 10.9. The predicted octanol–water partition coefficient (Wildman–Crippen LogP) is 1.66. The van der Waals surface area contributed by atoms with Crippen molar-refractivity contribution < 1.29 is 26.3 Å². The SMILES string of the molecule is N=C([Se])N=C(C(F)(F)F)C(F)(F)F. The van der Waals surface area contributed by atoms with Crippen LogP contribution in [0.1, 0.15) is 0 Å². The first-order chi connectivity index (χ1) is 5.55. The van der Waals surface area contributed by atoms with E-state index in [1.54, 1.807) is 16.0 Å².